The summed E-state index contributed by atoms with van der Waals surface area (Å²) in [6, 6.07) is 11.7. The van der Waals surface area contributed by atoms with Crippen LogP contribution in [0.15, 0.2) is 46.5 Å². The number of benzene rings is 1. The molecular formula is C22H26N2O3S. The van der Waals surface area contributed by atoms with Crippen LogP contribution in [-0.4, -0.2) is 22.5 Å². The lowest BCUT2D eigenvalue weighted by Gasteiger charge is -2.12. The highest BCUT2D eigenvalue weighted by Crippen LogP contribution is 2.21. The van der Waals surface area contributed by atoms with Gasteiger partial charge in [0.25, 0.3) is 5.91 Å². The second kappa shape index (κ2) is 9.06. The van der Waals surface area contributed by atoms with Gasteiger partial charge in [-0.05, 0) is 54.4 Å². The number of thiocarbonyl (C=S) groups is 1. The van der Waals surface area contributed by atoms with Crippen molar-refractivity contribution in [2.24, 2.45) is 0 Å². The number of nitrogens with one attached hydrogen (secondary N) is 1. The highest BCUT2D eigenvalue weighted by Gasteiger charge is 2.30. The van der Waals surface area contributed by atoms with Gasteiger partial charge in [0.2, 0.25) is 0 Å². The molecule has 0 aliphatic carbocycles. The Labute approximate surface area is 171 Å². The third kappa shape index (κ3) is 4.81. The Morgan fingerprint density at radius 1 is 1.21 bits per heavy atom. The summed E-state index contributed by atoms with van der Waals surface area (Å²) in [4.78, 5) is 14.1. The molecule has 0 atom stereocenters. The molecule has 3 rings (SSSR count). The molecule has 0 bridgehead atoms. The largest absolute Gasteiger partial charge is 0.486 e. The van der Waals surface area contributed by atoms with E-state index in [0.717, 1.165) is 18.6 Å². The van der Waals surface area contributed by atoms with Crippen LogP contribution in [0.2, 0.25) is 0 Å². The third-order valence-electron chi connectivity index (χ3n) is 4.59. The van der Waals surface area contributed by atoms with Crippen LogP contribution in [0.25, 0.3) is 6.08 Å². The van der Waals surface area contributed by atoms with Gasteiger partial charge in [-0.2, -0.15) is 0 Å². The minimum Gasteiger partial charge on any atom is -0.486 e. The second-order valence-corrected chi connectivity index (χ2v) is 7.50. The van der Waals surface area contributed by atoms with E-state index in [4.69, 9.17) is 21.4 Å². The molecule has 2 heterocycles. The van der Waals surface area contributed by atoms with Gasteiger partial charge in [0, 0.05) is 12.6 Å². The van der Waals surface area contributed by atoms with E-state index in [1.807, 2.05) is 24.3 Å². The van der Waals surface area contributed by atoms with E-state index in [1.165, 1.54) is 5.56 Å². The van der Waals surface area contributed by atoms with E-state index < -0.39 is 0 Å². The molecule has 1 fully saturated rings. The number of hydrogen-bond acceptors (Lipinski definition) is 4. The molecule has 148 valence electrons. The van der Waals surface area contributed by atoms with Crippen molar-refractivity contribution >= 4 is 29.3 Å². The summed E-state index contributed by atoms with van der Waals surface area (Å²) in [5, 5.41) is 3.42. The van der Waals surface area contributed by atoms with E-state index >= 15 is 0 Å². The molecular weight excluding hydrogens is 372 g/mol. The van der Waals surface area contributed by atoms with Gasteiger partial charge < -0.3 is 14.5 Å². The Kier molecular flexibility index (Phi) is 6.52. The van der Waals surface area contributed by atoms with E-state index in [9.17, 15) is 4.79 Å². The zero-order chi connectivity index (χ0) is 20.1. The van der Waals surface area contributed by atoms with Crippen LogP contribution in [-0.2, 0) is 11.4 Å². The van der Waals surface area contributed by atoms with Gasteiger partial charge in [-0.1, -0.05) is 39.3 Å². The van der Waals surface area contributed by atoms with Crippen molar-refractivity contribution in [2.45, 2.75) is 46.1 Å². The molecule has 1 saturated heterocycles. The fourth-order valence-electron chi connectivity index (χ4n) is 2.89. The average molecular weight is 399 g/mol. The van der Waals surface area contributed by atoms with Crippen LogP contribution in [0.4, 0.5) is 0 Å². The standard InChI is InChI=1S/C22H26N2O3S/c1-4-5-12-24-21(25)20(23-22(24)28)13-18-10-11-19(27-18)14-26-17-8-6-16(7-9-17)15(2)3/h6-11,13,15H,4-5,12,14H2,1-3H3,(H,23,28)/b20-13+. The van der Waals surface area contributed by atoms with Gasteiger partial charge in [0.1, 0.15) is 29.6 Å². The van der Waals surface area contributed by atoms with Crippen molar-refractivity contribution in [1.82, 2.24) is 10.2 Å². The van der Waals surface area contributed by atoms with Gasteiger partial charge in [-0.15, -0.1) is 0 Å². The van der Waals surface area contributed by atoms with Crippen molar-refractivity contribution in [3.05, 3.63) is 59.2 Å². The molecule has 0 saturated carbocycles. The molecule has 1 amide bonds. The Morgan fingerprint density at radius 3 is 2.64 bits per heavy atom. The fraction of sp³-hybridized carbons (Fsp3) is 0.364. The lowest BCUT2D eigenvalue weighted by Crippen LogP contribution is -2.31. The highest BCUT2D eigenvalue weighted by molar-refractivity contribution is 7.80. The van der Waals surface area contributed by atoms with Crippen LogP contribution in [0.1, 0.15) is 56.6 Å². The Balaban J connectivity index is 1.60. The smallest absolute Gasteiger partial charge is 0.276 e. The first-order valence-corrected chi connectivity index (χ1v) is 10.0. The van der Waals surface area contributed by atoms with E-state index in [1.54, 1.807) is 11.0 Å². The highest BCUT2D eigenvalue weighted by atomic mass is 32.1. The maximum atomic E-state index is 12.5. The molecule has 0 radical (unpaired) electrons. The third-order valence-corrected chi connectivity index (χ3v) is 4.92. The number of unbranched alkanes of at least 4 members (excludes halogenated alkanes) is 1. The Bertz CT molecular complexity index is 868. The summed E-state index contributed by atoms with van der Waals surface area (Å²) in [6.07, 6.45) is 3.61. The monoisotopic (exact) mass is 398 g/mol. The summed E-state index contributed by atoms with van der Waals surface area (Å²) in [6.45, 7) is 7.36. The number of amides is 1. The van der Waals surface area contributed by atoms with Gasteiger partial charge >= 0.3 is 0 Å². The molecule has 1 N–H and O–H groups in total. The van der Waals surface area contributed by atoms with Gasteiger partial charge in [-0.25, -0.2) is 0 Å². The fourth-order valence-corrected chi connectivity index (χ4v) is 3.17. The van der Waals surface area contributed by atoms with Gasteiger partial charge in [-0.3, -0.25) is 9.69 Å². The van der Waals surface area contributed by atoms with E-state index in [2.05, 4.69) is 38.2 Å². The normalized spacial score (nSPS) is 15.6. The van der Waals surface area contributed by atoms with Gasteiger partial charge in [0.05, 0.1) is 0 Å². The summed E-state index contributed by atoms with van der Waals surface area (Å²) in [7, 11) is 0. The lowest BCUT2D eigenvalue weighted by atomic mass is 10.0. The minimum atomic E-state index is -0.113. The minimum absolute atomic E-state index is 0.113. The van der Waals surface area contributed by atoms with E-state index in [0.29, 0.717) is 41.4 Å². The Morgan fingerprint density at radius 2 is 1.96 bits per heavy atom. The molecule has 28 heavy (non-hydrogen) atoms. The number of ether oxygens (including phenoxy) is 1. The molecule has 1 aromatic heterocycles. The number of nitrogens with zero attached hydrogens (tertiary/aromatic N) is 1. The van der Waals surface area contributed by atoms with Crippen molar-refractivity contribution < 1.29 is 13.9 Å². The topological polar surface area (TPSA) is 54.7 Å². The van der Waals surface area contributed by atoms with Crippen LogP contribution in [0.5, 0.6) is 5.75 Å². The molecule has 0 unspecified atom stereocenters. The number of hydrogen-bond donors (Lipinski definition) is 1. The molecule has 1 aromatic carbocycles. The van der Waals surface area contributed by atoms with Crippen molar-refractivity contribution in [3.8, 4) is 5.75 Å². The number of rotatable bonds is 8. The summed E-state index contributed by atoms with van der Waals surface area (Å²) in [5.41, 5.74) is 1.71. The maximum absolute atomic E-state index is 12.5. The zero-order valence-corrected chi connectivity index (χ0v) is 17.3. The molecule has 1 aliphatic rings. The molecule has 5 nitrogen and oxygen atoms in total. The SMILES string of the molecule is CCCCN1C(=O)/C(=C\c2ccc(COc3ccc(C(C)C)cc3)o2)NC1=S. The number of carbonyl (C=O) groups excluding carboxylic acids is 1. The summed E-state index contributed by atoms with van der Waals surface area (Å²) in [5.74, 6) is 2.45. The van der Waals surface area contributed by atoms with Crippen molar-refractivity contribution in [3.63, 3.8) is 0 Å². The van der Waals surface area contributed by atoms with Crippen LogP contribution >= 0.6 is 12.2 Å². The second-order valence-electron chi connectivity index (χ2n) is 7.11. The summed E-state index contributed by atoms with van der Waals surface area (Å²) < 4.78 is 11.6. The molecule has 6 heteroatoms. The van der Waals surface area contributed by atoms with Crippen LogP contribution < -0.4 is 10.1 Å². The van der Waals surface area contributed by atoms with Crippen molar-refractivity contribution in [1.29, 1.82) is 0 Å². The molecule has 1 aliphatic heterocycles. The molecule has 2 aromatic rings. The zero-order valence-electron chi connectivity index (χ0n) is 16.5. The first kappa shape index (κ1) is 20.1. The van der Waals surface area contributed by atoms with Gasteiger partial charge in [0.15, 0.2) is 5.11 Å². The lowest BCUT2D eigenvalue weighted by molar-refractivity contribution is -0.122. The molecule has 0 spiro atoms. The maximum Gasteiger partial charge on any atom is 0.276 e. The first-order chi connectivity index (χ1) is 13.5. The van der Waals surface area contributed by atoms with Crippen molar-refractivity contribution in [2.75, 3.05) is 6.54 Å². The number of furan rings is 1. The average Bonchev–Trinajstić information content (AvgIpc) is 3.23. The predicted octanol–water partition coefficient (Wildman–Crippen LogP) is 4.84. The van der Waals surface area contributed by atoms with Crippen LogP contribution in [0.3, 0.4) is 0 Å². The quantitative estimate of drug-likeness (QED) is 0.509. The predicted molar refractivity (Wildman–Crippen MR) is 114 cm³/mol. The number of carbonyl (C=O) groups is 1. The first-order valence-electron chi connectivity index (χ1n) is 9.64. The van der Waals surface area contributed by atoms with Crippen LogP contribution in [0, 0.1) is 0 Å². The van der Waals surface area contributed by atoms with E-state index in [-0.39, 0.29) is 5.91 Å². The Hall–Kier alpha value is -2.60. The summed E-state index contributed by atoms with van der Waals surface area (Å²) >= 11 is 5.25.